The minimum Gasteiger partial charge on any atom is -0.334 e. The number of rotatable bonds is 6. The van der Waals surface area contributed by atoms with Crippen LogP contribution in [0, 0.1) is 0 Å². The van der Waals surface area contributed by atoms with Crippen molar-refractivity contribution < 1.29 is 9.59 Å². The summed E-state index contributed by atoms with van der Waals surface area (Å²) < 4.78 is 0. The van der Waals surface area contributed by atoms with Gasteiger partial charge in [0, 0.05) is 23.3 Å². The Bertz CT molecular complexity index is 568. The first-order valence-corrected chi connectivity index (χ1v) is 8.68. The molecule has 1 aromatic carbocycles. The maximum atomic E-state index is 12.5. The molecule has 2 N–H and O–H groups in total. The molecule has 1 fully saturated rings. The third-order valence-electron chi connectivity index (χ3n) is 4.16. The summed E-state index contributed by atoms with van der Waals surface area (Å²) in [6.07, 6.45) is 7.31. The molecular weight excluding hydrogens is 326 g/mol. The smallest absolute Gasteiger partial charge is 0.319 e. The summed E-state index contributed by atoms with van der Waals surface area (Å²) in [5.41, 5.74) is 0.625. The molecule has 1 aliphatic carbocycles. The first-order valence-electron chi connectivity index (χ1n) is 8.31. The summed E-state index contributed by atoms with van der Waals surface area (Å²) in [5.74, 6) is -0.0759. The molecule has 0 heterocycles. The van der Waals surface area contributed by atoms with Gasteiger partial charge in [-0.3, -0.25) is 4.79 Å². The van der Waals surface area contributed by atoms with Crippen LogP contribution in [-0.4, -0.2) is 36.0 Å². The summed E-state index contributed by atoms with van der Waals surface area (Å²) >= 11 is 5.80. The first kappa shape index (κ1) is 18.3. The summed E-state index contributed by atoms with van der Waals surface area (Å²) in [7, 11) is 0. The SMILES string of the molecule is C=CCN(C(=O)CNC(=O)Nc1ccc(Cl)cc1)C1CCCCC1. The molecule has 1 aromatic rings. The molecule has 0 radical (unpaired) electrons. The van der Waals surface area contributed by atoms with Crippen LogP contribution >= 0.6 is 11.6 Å². The number of urea groups is 1. The fraction of sp³-hybridized carbons (Fsp3) is 0.444. The lowest BCUT2D eigenvalue weighted by atomic mass is 9.94. The number of hydrogen-bond donors (Lipinski definition) is 2. The molecular formula is C18H24ClN3O2. The molecule has 1 saturated carbocycles. The highest BCUT2D eigenvalue weighted by Crippen LogP contribution is 2.22. The number of nitrogens with one attached hydrogen (secondary N) is 2. The third-order valence-corrected chi connectivity index (χ3v) is 4.42. The van der Waals surface area contributed by atoms with E-state index in [1.807, 2.05) is 4.90 Å². The van der Waals surface area contributed by atoms with E-state index in [0.717, 1.165) is 25.7 Å². The monoisotopic (exact) mass is 349 g/mol. The van der Waals surface area contributed by atoms with Crippen LogP contribution in [-0.2, 0) is 4.79 Å². The Morgan fingerprint density at radius 3 is 2.50 bits per heavy atom. The Labute approximate surface area is 148 Å². The van der Waals surface area contributed by atoms with Crippen molar-refractivity contribution in [2.24, 2.45) is 0 Å². The number of carbonyl (C=O) groups excluding carboxylic acids is 2. The summed E-state index contributed by atoms with van der Waals surface area (Å²) in [5, 5.41) is 5.89. The molecule has 0 bridgehead atoms. The quantitative estimate of drug-likeness (QED) is 0.767. The number of amides is 3. The van der Waals surface area contributed by atoms with Crippen molar-refractivity contribution in [1.29, 1.82) is 0 Å². The second-order valence-electron chi connectivity index (χ2n) is 5.94. The minimum atomic E-state index is -0.409. The first-order chi connectivity index (χ1) is 11.6. The van der Waals surface area contributed by atoms with Gasteiger partial charge in [0.2, 0.25) is 5.91 Å². The van der Waals surface area contributed by atoms with Gasteiger partial charge in [-0.05, 0) is 37.1 Å². The fourth-order valence-corrected chi connectivity index (χ4v) is 3.08. The molecule has 24 heavy (non-hydrogen) atoms. The molecule has 5 nitrogen and oxygen atoms in total. The van der Waals surface area contributed by atoms with Gasteiger partial charge in [-0.1, -0.05) is 36.9 Å². The molecule has 0 spiro atoms. The van der Waals surface area contributed by atoms with Gasteiger partial charge in [0.25, 0.3) is 0 Å². The largest absolute Gasteiger partial charge is 0.334 e. The second-order valence-corrected chi connectivity index (χ2v) is 6.38. The second kappa shape index (κ2) is 9.33. The van der Waals surface area contributed by atoms with E-state index in [1.165, 1.54) is 6.42 Å². The zero-order chi connectivity index (χ0) is 17.4. The minimum absolute atomic E-state index is 0.0240. The van der Waals surface area contributed by atoms with Crippen LogP contribution in [0.2, 0.25) is 5.02 Å². The average molecular weight is 350 g/mol. The molecule has 0 aromatic heterocycles. The van der Waals surface area contributed by atoms with Crippen molar-refractivity contribution in [2.75, 3.05) is 18.4 Å². The van der Waals surface area contributed by atoms with E-state index in [2.05, 4.69) is 17.2 Å². The van der Waals surface area contributed by atoms with E-state index in [9.17, 15) is 9.59 Å². The highest BCUT2D eigenvalue weighted by molar-refractivity contribution is 6.30. The van der Waals surface area contributed by atoms with Gasteiger partial charge in [-0.25, -0.2) is 4.79 Å². The van der Waals surface area contributed by atoms with Crippen molar-refractivity contribution in [3.63, 3.8) is 0 Å². The van der Waals surface area contributed by atoms with Crippen molar-refractivity contribution >= 4 is 29.2 Å². The molecule has 1 aliphatic rings. The van der Waals surface area contributed by atoms with Gasteiger partial charge in [-0.15, -0.1) is 6.58 Å². The number of benzene rings is 1. The van der Waals surface area contributed by atoms with E-state index < -0.39 is 6.03 Å². The lowest BCUT2D eigenvalue weighted by Crippen LogP contribution is -2.47. The van der Waals surface area contributed by atoms with Crippen molar-refractivity contribution in [2.45, 2.75) is 38.1 Å². The molecule has 0 saturated heterocycles. The van der Waals surface area contributed by atoms with Gasteiger partial charge in [0.05, 0.1) is 6.54 Å². The van der Waals surface area contributed by atoms with Crippen molar-refractivity contribution in [3.8, 4) is 0 Å². The Hall–Kier alpha value is -2.01. The van der Waals surface area contributed by atoms with Gasteiger partial charge < -0.3 is 15.5 Å². The zero-order valence-corrected chi connectivity index (χ0v) is 14.5. The van der Waals surface area contributed by atoms with Crippen LogP contribution in [0.25, 0.3) is 0 Å². The van der Waals surface area contributed by atoms with E-state index in [4.69, 9.17) is 11.6 Å². The fourth-order valence-electron chi connectivity index (χ4n) is 2.95. The van der Waals surface area contributed by atoms with Crippen LogP contribution in [0.4, 0.5) is 10.5 Å². The molecule has 0 aliphatic heterocycles. The van der Waals surface area contributed by atoms with Gasteiger partial charge in [-0.2, -0.15) is 0 Å². The standard InChI is InChI=1S/C18H24ClN3O2/c1-2-12-22(16-6-4-3-5-7-16)17(23)13-20-18(24)21-15-10-8-14(19)9-11-15/h2,8-11,16H,1,3-7,12-13H2,(H2,20,21,24). The predicted molar refractivity (Wildman–Crippen MR) is 97.3 cm³/mol. The van der Waals surface area contributed by atoms with E-state index in [-0.39, 0.29) is 18.5 Å². The van der Waals surface area contributed by atoms with Crippen LogP contribution in [0.15, 0.2) is 36.9 Å². The van der Waals surface area contributed by atoms with E-state index in [1.54, 1.807) is 30.3 Å². The molecule has 2 rings (SSSR count). The van der Waals surface area contributed by atoms with E-state index >= 15 is 0 Å². The summed E-state index contributed by atoms with van der Waals surface area (Å²) in [6, 6.07) is 6.64. The molecule has 6 heteroatoms. The Morgan fingerprint density at radius 1 is 1.21 bits per heavy atom. The van der Waals surface area contributed by atoms with Gasteiger partial charge >= 0.3 is 6.03 Å². The number of nitrogens with zero attached hydrogens (tertiary/aromatic N) is 1. The molecule has 130 valence electrons. The van der Waals surface area contributed by atoms with Crippen molar-refractivity contribution in [3.05, 3.63) is 41.9 Å². The number of anilines is 1. The summed E-state index contributed by atoms with van der Waals surface area (Å²) in [6.45, 7) is 4.23. The molecule has 3 amide bonds. The average Bonchev–Trinajstić information content (AvgIpc) is 2.60. The predicted octanol–water partition coefficient (Wildman–Crippen LogP) is 3.81. The van der Waals surface area contributed by atoms with Crippen molar-refractivity contribution in [1.82, 2.24) is 10.2 Å². The highest BCUT2D eigenvalue weighted by atomic mass is 35.5. The van der Waals surface area contributed by atoms with Crippen LogP contribution in [0.5, 0.6) is 0 Å². The normalized spacial score (nSPS) is 14.7. The number of hydrogen-bond acceptors (Lipinski definition) is 2. The van der Waals surface area contributed by atoms with Gasteiger partial charge in [0.1, 0.15) is 0 Å². The maximum absolute atomic E-state index is 12.5. The number of halogens is 1. The van der Waals surface area contributed by atoms with Gasteiger partial charge in [0.15, 0.2) is 0 Å². The zero-order valence-electron chi connectivity index (χ0n) is 13.8. The Balaban J connectivity index is 1.83. The van der Waals surface area contributed by atoms with Crippen LogP contribution in [0.1, 0.15) is 32.1 Å². The Morgan fingerprint density at radius 2 is 1.88 bits per heavy atom. The lowest BCUT2D eigenvalue weighted by Gasteiger charge is -2.33. The molecule has 0 atom stereocenters. The molecule has 0 unspecified atom stereocenters. The van der Waals surface area contributed by atoms with E-state index in [0.29, 0.717) is 17.3 Å². The Kier molecular flexibility index (Phi) is 7.12. The maximum Gasteiger partial charge on any atom is 0.319 e. The topological polar surface area (TPSA) is 61.4 Å². The highest BCUT2D eigenvalue weighted by Gasteiger charge is 2.24. The van der Waals surface area contributed by atoms with Crippen LogP contribution in [0.3, 0.4) is 0 Å². The third kappa shape index (κ3) is 5.57. The lowest BCUT2D eigenvalue weighted by molar-refractivity contribution is -0.132. The summed E-state index contributed by atoms with van der Waals surface area (Å²) in [4.78, 5) is 26.2. The number of carbonyl (C=O) groups is 2. The van der Waals surface area contributed by atoms with Crippen LogP contribution < -0.4 is 10.6 Å².